The van der Waals surface area contributed by atoms with Gasteiger partial charge in [-0.1, -0.05) is 18.0 Å². The van der Waals surface area contributed by atoms with Gasteiger partial charge in [0.2, 0.25) is 0 Å². The first-order valence-electron chi connectivity index (χ1n) is 6.56. The number of hydrogen-bond donors (Lipinski definition) is 0. The zero-order valence-corrected chi connectivity index (χ0v) is 11.2. The van der Waals surface area contributed by atoms with Crippen molar-refractivity contribution in [2.75, 3.05) is 7.11 Å². The van der Waals surface area contributed by atoms with Gasteiger partial charge in [0.1, 0.15) is 11.9 Å². The van der Waals surface area contributed by atoms with Gasteiger partial charge >= 0.3 is 5.97 Å². The number of aromatic nitrogens is 2. The van der Waals surface area contributed by atoms with E-state index in [4.69, 9.17) is 16.3 Å². The second-order valence-corrected chi connectivity index (χ2v) is 5.49. The van der Waals surface area contributed by atoms with Gasteiger partial charge in [0.15, 0.2) is 5.15 Å². The highest BCUT2D eigenvalue weighted by Crippen LogP contribution is 2.41. The lowest BCUT2D eigenvalue weighted by molar-refractivity contribution is -0.145. The molecule has 0 saturated heterocycles. The lowest BCUT2D eigenvalue weighted by Gasteiger charge is -2.30. The van der Waals surface area contributed by atoms with Crippen molar-refractivity contribution < 1.29 is 9.53 Å². The molecule has 0 aromatic carbocycles. The van der Waals surface area contributed by atoms with Crippen LogP contribution in [0.25, 0.3) is 0 Å². The number of rotatable bonds is 2. The molecule has 1 saturated carbocycles. The van der Waals surface area contributed by atoms with Crippen LogP contribution in [0.15, 0.2) is 0 Å². The van der Waals surface area contributed by atoms with E-state index < -0.39 is 0 Å². The van der Waals surface area contributed by atoms with Gasteiger partial charge in [0.25, 0.3) is 0 Å². The number of halogens is 1. The molecule has 1 aromatic heterocycles. The molecule has 3 rings (SSSR count). The molecule has 2 heterocycles. The molecule has 2 aliphatic rings. The highest BCUT2D eigenvalue weighted by atomic mass is 35.5. The maximum atomic E-state index is 11.9. The first kappa shape index (κ1) is 12.0. The van der Waals surface area contributed by atoms with Gasteiger partial charge in [0, 0.05) is 5.92 Å². The fraction of sp³-hybridized carbons (Fsp3) is 0.692. The predicted octanol–water partition coefficient (Wildman–Crippen LogP) is 2.85. The molecule has 1 fully saturated rings. The maximum absolute atomic E-state index is 11.9. The van der Waals surface area contributed by atoms with E-state index in [1.54, 1.807) is 0 Å². The Kier molecular flexibility index (Phi) is 3.06. The van der Waals surface area contributed by atoms with Crippen molar-refractivity contribution in [2.24, 2.45) is 0 Å². The third-order valence-corrected chi connectivity index (χ3v) is 4.44. The molecule has 0 N–H and O–H groups in total. The average Bonchev–Trinajstić information content (AvgIpc) is 2.64. The Morgan fingerprint density at radius 1 is 1.39 bits per heavy atom. The number of hydrogen-bond acceptors (Lipinski definition) is 3. The number of carbonyl (C=O) groups excluding carboxylic acids is 1. The van der Waals surface area contributed by atoms with Crippen LogP contribution in [0.5, 0.6) is 0 Å². The Morgan fingerprint density at radius 2 is 2.17 bits per heavy atom. The van der Waals surface area contributed by atoms with Crippen LogP contribution in [-0.4, -0.2) is 22.6 Å². The number of fused-ring (bicyclic) bond motifs is 1. The summed E-state index contributed by atoms with van der Waals surface area (Å²) < 4.78 is 6.97. The zero-order valence-electron chi connectivity index (χ0n) is 10.5. The Hall–Kier alpha value is -1.03. The zero-order chi connectivity index (χ0) is 12.7. The van der Waals surface area contributed by atoms with Gasteiger partial charge in [0.05, 0.1) is 12.8 Å². The molecule has 0 bridgehead atoms. The van der Waals surface area contributed by atoms with E-state index >= 15 is 0 Å². The Balaban J connectivity index is 2.04. The lowest BCUT2D eigenvalue weighted by atomic mass is 9.84. The summed E-state index contributed by atoms with van der Waals surface area (Å²) in [6, 6.07) is -0.227. The van der Waals surface area contributed by atoms with Crippen LogP contribution in [-0.2, 0) is 16.0 Å². The topological polar surface area (TPSA) is 44.1 Å². The summed E-state index contributed by atoms with van der Waals surface area (Å²) in [6.07, 6.45) is 6.25. The molecular formula is C13H17ClN2O2. The van der Waals surface area contributed by atoms with Crippen molar-refractivity contribution in [3.63, 3.8) is 0 Å². The summed E-state index contributed by atoms with van der Waals surface area (Å²) in [5.41, 5.74) is 1.01. The van der Waals surface area contributed by atoms with E-state index in [9.17, 15) is 4.79 Å². The number of nitrogens with zero attached hydrogens (tertiary/aromatic N) is 2. The molecule has 1 aliphatic heterocycles. The minimum absolute atomic E-state index is 0.175. The molecule has 0 radical (unpaired) electrons. The van der Waals surface area contributed by atoms with Crippen molar-refractivity contribution >= 4 is 17.6 Å². The monoisotopic (exact) mass is 268 g/mol. The number of esters is 1. The van der Waals surface area contributed by atoms with Gasteiger partial charge in [-0.15, -0.1) is 0 Å². The van der Waals surface area contributed by atoms with Crippen LogP contribution < -0.4 is 0 Å². The second-order valence-electron chi connectivity index (χ2n) is 5.14. The highest BCUT2D eigenvalue weighted by molar-refractivity contribution is 6.30. The van der Waals surface area contributed by atoms with Gasteiger partial charge in [-0.05, 0) is 32.1 Å². The molecule has 0 spiro atoms. The van der Waals surface area contributed by atoms with E-state index in [0.717, 1.165) is 43.6 Å². The standard InChI is InChI=1S/C13H17ClN2O2/c1-18-13(17)10-7-3-6-9-11(14)15-12(16(9)10)8-4-2-5-8/h8,10H,2-7H2,1H3. The third kappa shape index (κ3) is 1.74. The maximum Gasteiger partial charge on any atom is 0.328 e. The van der Waals surface area contributed by atoms with Crippen LogP contribution >= 0.6 is 11.6 Å². The van der Waals surface area contributed by atoms with Gasteiger partial charge < -0.3 is 9.30 Å². The Labute approximate surface area is 111 Å². The second kappa shape index (κ2) is 4.57. The van der Waals surface area contributed by atoms with Gasteiger partial charge in [-0.2, -0.15) is 0 Å². The highest BCUT2D eigenvalue weighted by Gasteiger charge is 2.35. The van der Waals surface area contributed by atoms with Crippen LogP contribution in [0.4, 0.5) is 0 Å². The minimum atomic E-state index is -0.227. The lowest BCUT2D eigenvalue weighted by Crippen LogP contribution is -2.29. The van der Waals surface area contributed by atoms with Crippen LogP contribution in [0.2, 0.25) is 5.15 Å². The normalized spacial score (nSPS) is 23.3. The Bertz CT molecular complexity index is 480. The molecule has 1 aliphatic carbocycles. The Morgan fingerprint density at radius 3 is 2.78 bits per heavy atom. The fourth-order valence-corrected chi connectivity index (χ4v) is 3.21. The van der Waals surface area contributed by atoms with Crippen molar-refractivity contribution in [1.29, 1.82) is 0 Å². The summed E-state index contributed by atoms with van der Waals surface area (Å²) >= 11 is 6.22. The summed E-state index contributed by atoms with van der Waals surface area (Å²) in [5, 5.41) is 0.575. The first-order valence-corrected chi connectivity index (χ1v) is 6.94. The third-order valence-electron chi connectivity index (χ3n) is 4.13. The summed E-state index contributed by atoms with van der Waals surface area (Å²) in [7, 11) is 1.44. The van der Waals surface area contributed by atoms with E-state index in [2.05, 4.69) is 9.55 Å². The number of carbonyl (C=O) groups is 1. The molecular weight excluding hydrogens is 252 g/mol. The molecule has 98 valence electrons. The average molecular weight is 269 g/mol. The van der Waals surface area contributed by atoms with E-state index in [1.807, 2.05) is 0 Å². The molecule has 1 aromatic rings. The van der Waals surface area contributed by atoms with E-state index in [-0.39, 0.29) is 12.0 Å². The number of methoxy groups -OCH3 is 1. The largest absolute Gasteiger partial charge is 0.467 e. The van der Waals surface area contributed by atoms with Crippen molar-refractivity contribution in [3.8, 4) is 0 Å². The molecule has 5 heteroatoms. The van der Waals surface area contributed by atoms with Crippen LogP contribution in [0.1, 0.15) is 55.6 Å². The molecule has 4 nitrogen and oxygen atoms in total. The predicted molar refractivity (Wildman–Crippen MR) is 67.8 cm³/mol. The molecule has 18 heavy (non-hydrogen) atoms. The quantitative estimate of drug-likeness (QED) is 0.775. The summed E-state index contributed by atoms with van der Waals surface area (Å²) in [5.74, 6) is 1.29. The number of ether oxygens (including phenoxy) is 1. The van der Waals surface area contributed by atoms with Crippen LogP contribution in [0.3, 0.4) is 0 Å². The van der Waals surface area contributed by atoms with Gasteiger partial charge in [-0.25, -0.2) is 9.78 Å². The minimum Gasteiger partial charge on any atom is -0.467 e. The van der Waals surface area contributed by atoms with E-state index in [1.165, 1.54) is 13.5 Å². The van der Waals surface area contributed by atoms with Crippen LogP contribution in [0, 0.1) is 0 Å². The van der Waals surface area contributed by atoms with Crippen molar-refractivity contribution in [3.05, 3.63) is 16.7 Å². The SMILES string of the molecule is COC(=O)C1CCCc2c(Cl)nc(C3CCC3)n21. The summed E-state index contributed by atoms with van der Waals surface area (Å²) in [6.45, 7) is 0. The van der Waals surface area contributed by atoms with Crippen molar-refractivity contribution in [2.45, 2.75) is 50.5 Å². The molecule has 0 amide bonds. The smallest absolute Gasteiger partial charge is 0.328 e. The fourth-order valence-electron chi connectivity index (χ4n) is 2.93. The van der Waals surface area contributed by atoms with E-state index in [0.29, 0.717) is 11.1 Å². The molecule has 1 unspecified atom stereocenters. The number of imidazole rings is 1. The van der Waals surface area contributed by atoms with Crippen molar-refractivity contribution in [1.82, 2.24) is 9.55 Å². The van der Waals surface area contributed by atoms with Gasteiger partial charge in [-0.3, -0.25) is 0 Å². The molecule has 1 atom stereocenters. The first-order chi connectivity index (χ1) is 8.72. The summed E-state index contributed by atoms with van der Waals surface area (Å²) in [4.78, 5) is 16.4.